The van der Waals surface area contributed by atoms with Gasteiger partial charge in [-0.05, 0) is 30.2 Å². The molecule has 0 aliphatic carbocycles. The molecule has 0 amide bonds. The standard InChI is InChI=1S/C13H13NO3/c15-13(16)10-6-11(14-7-10)8-1-2-12-9(5-8)3-4-17-12/h1-5,10-11,14H,6-7H2,(H,15,16). The molecule has 0 saturated carbocycles. The van der Waals surface area contributed by atoms with E-state index >= 15 is 0 Å². The van der Waals surface area contributed by atoms with Crippen molar-refractivity contribution in [2.24, 2.45) is 5.92 Å². The van der Waals surface area contributed by atoms with Gasteiger partial charge in [-0.1, -0.05) is 6.07 Å². The van der Waals surface area contributed by atoms with Gasteiger partial charge in [-0.15, -0.1) is 0 Å². The maximum Gasteiger partial charge on any atom is 0.307 e. The average Bonchev–Trinajstić information content (AvgIpc) is 2.97. The Hall–Kier alpha value is -1.81. The van der Waals surface area contributed by atoms with Crippen molar-refractivity contribution in [1.82, 2.24) is 5.32 Å². The number of rotatable bonds is 2. The van der Waals surface area contributed by atoms with Crippen molar-refractivity contribution in [2.75, 3.05) is 6.54 Å². The lowest BCUT2D eigenvalue weighted by Crippen LogP contribution is -2.17. The van der Waals surface area contributed by atoms with Crippen LogP contribution in [0.3, 0.4) is 0 Å². The first kappa shape index (κ1) is 10.4. The topological polar surface area (TPSA) is 62.5 Å². The number of fused-ring (bicyclic) bond motifs is 1. The molecule has 4 heteroatoms. The summed E-state index contributed by atoms with van der Waals surface area (Å²) >= 11 is 0. The summed E-state index contributed by atoms with van der Waals surface area (Å²) in [5.74, 6) is -0.996. The summed E-state index contributed by atoms with van der Waals surface area (Å²) < 4.78 is 5.28. The van der Waals surface area contributed by atoms with Crippen LogP contribution in [0.15, 0.2) is 34.9 Å². The molecule has 2 aromatic rings. The van der Waals surface area contributed by atoms with Crippen molar-refractivity contribution in [2.45, 2.75) is 12.5 Å². The molecule has 1 aromatic heterocycles. The number of carboxylic acids is 1. The fraction of sp³-hybridized carbons (Fsp3) is 0.308. The number of carboxylic acid groups (broad SMARTS) is 1. The molecule has 1 aliphatic rings. The lowest BCUT2D eigenvalue weighted by Gasteiger charge is -2.10. The van der Waals surface area contributed by atoms with Gasteiger partial charge < -0.3 is 14.8 Å². The van der Waals surface area contributed by atoms with Crippen LogP contribution in [0.25, 0.3) is 11.0 Å². The van der Waals surface area contributed by atoms with Gasteiger partial charge in [0.15, 0.2) is 0 Å². The molecule has 2 atom stereocenters. The Kier molecular flexibility index (Phi) is 2.37. The first-order chi connectivity index (χ1) is 8.24. The van der Waals surface area contributed by atoms with Gasteiger partial charge >= 0.3 is 5.97 Å². The predicted molar refractivity (Wildman–Crippen MR) is 62.7 cm³/mol. The van der Waals surface area contributed by atoms with Gasteiger partial charge in [-0.3, -0.25) is 4.79 Å². The van der Waals surface area contributed by atoms with E-state index in [0.717, 1.165) is 16.5 Å². The van der Waals surface area contributed by atoms with Crippen molar-refractivity contribution >= 4 is 16.9 Å². The van der Waals surface area contributed by atoms with E-state index < -0.39 is 5.97 Å². The second kappa shape index (κ2) is 3.89. The fourth-order valence-electron chi connectivity index (χ4n) is 2.38. The zero-order chi connectivity index (χ0) is 11.8. The molecule has 88 valence electrons. The van der Waals surface area contributed by atoms with Gasteiger partial charge in [-0.25, -0.2) is 0 Å². The second-order valence-corrected chi connectivity index (χ2v) is 4.45. The van der Waals surface area contributed by atoms with Crippen LogP contribution in [0.4, 0.5) is 0 Å². The van der Waals surface area contributed by atoms with Crippen molar-refractivity contribution < 1.29 is 14.3 Å². The molecule has 0 spiro atoms. The number of hydrogen-bond donors (Lipinski definition) is 2. The van der Waals surface area contributed by atoms with E-state index in [9.17, 15) is 4.79 Å². The maximum atomic E-state index is 10.9. The Labute approximate surface area is 98.2 Å². The summed E-state index contributed by atoms with van der Waals surface area (Å²) in [7, 11) is 0. The van der Waals surface area contributed by atoms with Gasteiger partial charge in [-0.2, -0.15) is 0 Å². The first-order valence-electron chi connectivity index (χ1n) is 5.67. The molecule has 1 saturated heterocycles. The third-order valence-electron chi connectivity index (χ3n) is 3.36. The lowest BCUT2D eigenvalue weighted by molar-refractivity contribution is -0.141. The first-order valence-corrected chi connectivity index (χ1v) is 5.67. The van der Waals surface area contributed by atoms with Gasteiger partial charge in [0.25, 0.3) is 0 Å². The Morgan fingerprint density at radius 3 is 3.06 bits per heavy atom. The highest BCUT2D eigenvalue weighted by atomic mass is 16.4. The van der Waals surface area contributed by atoms with E-state index in [1.807, 2.05) is 18.2 Å². The van der Waals surface area contributed by atoms with E-state index in [1.54, 1.807) is 6.26 Å². The zero-order valence-corrected chi connectivity index (χ0v) is 9.22. The molecule has 17 heavy (non-hydrogen) atoms. The highest BCUT2D eigenvalue weighted by molar-refractivity contribution is 5.78. The molecule has 4 nitrogen and oxygen atoms in total. The van der Waals surface area contributed by atoms with Crippen molar-refractivity contribution in [3.05, 3.63) is 36.1 Å². The summed E-state index contributed by atoms with van der Waals surface area (Å²) in [5.41, 5.74) is 1.99. The van der Waals surface area contributed by atoms with E-state index in [4.69, 9.17) is 9.52 Å². The van der Waals surface area contributed by atoms with Crippen LogP contribution in [-0.2, 0) is 4.79 Å². The molecule has 1 aliphatic heterocycles. The summed E-state index contributed by atoms with van der Waals surface area (Å²) in [6.45, 7) is 0.545. The Balaban J connectivity index is 1.87. The minimum atomic E-state index is -0.718. The third-order valence-corrected chi connectivity index (χ3v) is 3.36. The van der Waals surface area contributed by atoms with Crippen LogP contribution < -0.4 is 5.32 Å². The van der Waals surface area contributed by atoms with Crippen LogP contribution in [0.2, 0.25) is 0 Å². The molecular weight excluding hydrogens is 218 g/mol. The van der Waals surface area contributed by atoms with Gasteiger partial charge in [0.1, 0.15) is 5.58 Å². The molecule has 0 bridgehead atoms. The largest absolute Gasteiger partial charge is 0.481 e. The number of furan rings is 1. The highest BCUT2D eigenvalue weighted by Crippen LogP contribution is 2.29. The lowest BCUT2D eigenvalue weighted by atomic mass is 9.99. The number of benzene rings is 1. The van der Waals surface area contributed by atoms with Crippen LogP contribution in [0, 0.1) is 5.92 Å². The quantitative estimate of drug-likeness (QED) is 0.831. The van der Waals surface area contributed by atoms with Crippen molar-refractivity contribution in [1.29, 1.82) is 0 Å². The SMILES string of the molecule is O=C(O)C1CNC(c2ccc3occc3c2)C1. The molecule has 2 heterocycles. The fourth-order valence-corrected chi connectivity index (χ4v) is 2.38. The summed E-state index contributed by atoms with van der Waals surface area (Å²) in [4.78, 5) is 10.9. The van der Waals surface area contributed by atoms with Crippen molar-refractivity contribution in [3.63, 3.8) is 0 Å². The molecule has 1 aromatic carbocycles. The number of aliphatic carboxylic acids is 1. The van der Waals surface area contributed by atoms with Crippen molar-refractivity contribution in [3.8, 4) is 0 Å². The minimum Gasteiger partial charge on any atom is -0.481 e. The summed E-state index contributed by atoms with van der Waals surface area (Å²) in [6.07, 6.45) is 2.31. The van der Waals surface area contributed by atoms with Gasteiger partial charge in [0, 0.05) is 18.0 Å². The maximum absolute atomic E-state index is 10.9. The number of hydrogen-bond acceptors (Lipinski definition) is 3. The summed E-state index contributed by atoms with van der Waals surface area (Å²) in [5, 5.41) is 13.3. The zero-order valence-electron chi connectivity index (χ0n) is 9.22. The smallest absolute Gasteiger partial charge is 0.307 e. The molecule has 1 fully saturated rings. The van der Waals surface area contributed by atoms with Crippen LogP contribution in [0.1, 0.15) is 18.0 Å². The normalized spacial score (nSPS) is 24.2. The Morgan fingerprint density at radius 1 is 1.41 bits per heavy atom. The molecule has 0 radical (unpaired) electrons. The van der Waals surface area contributed by atoms with E-state index in [0.29, 0.717) is 13.0 Å². The number of nitrogens with one attached hydrogen (secondary N) is 1. The Morgan fingerprint density at radius 2 is 2.29 bits per heavy atom. The van der Waals surface area contributed by atoms with Crippen LogP contribution in [-0.4, -0.2) is 17.6 Å². The monoisotopic (exact) mass is 231 g/mol. The van der Waals surface area contributed by atoms with Crippen LogP contribution >= 0.6 is 0 Å². The summed E-state index contributed by atoms with van der Waals surface area (Å²) in [6, 6.07) is 8.03. The van der Waals surface area contributed by atoms with E-state index in [1.165, 1.54) is 0 Å². The molecule has 2 N–H and O–H groups in total. The van der Waals surface area contributed by atoms with Crippen LogP contribution in [0.5, 0.6) is 0 Å². The van der Waals surface area contributed by atoms with E-state index in [-0.39, 0.29) is 12.0 Å². The molecular formula is C13H13NO3. The molecule has 3 rings (SSSR count). The second-order valence-electron chi connectivity index (χ2n) is 4.45. The van der Waals surface area contributed by atoms with Gasteiger partial charge in [0.05, 0.1) is 12.2 Å². The molecule has 2 unspecified atom stereocenters. The van der Waals surface area contributed by atoms with Gasteiger partial charge in [0.2, 0.25) is 0 Å². The predicted octanol–water partition coefficient (Wildman–Crippen LogP) is 2.17. The third kappa shape index (κ3) is 1.80. The Bertz CT molecular complexity index is 561. The number of carbonyl (C=O) groups is 1. The minimum absolute atomic E-state index is 0.135. The highest BCUT2D eigenvalue weighted by Gasteiger charge is 2.30. The average molecular weight is 231 g/mol. The van der Waals surface area contributed by atoms with E-state index in [2.05, 4.69) is 11.4 Å².